The minimum absolute atomic E-state index is 0.0234. The number of likely N-dealkylation sites (tertiary alicyclic amines) is 1. The molecule has 1 saturated heterocycles. The Labute approximate surface area is 97.6 Å². The fourth-order valence-corrected chi connectivity index (χ4v) is 2.51. The van der Waals surface area contributed by atoms with Crippen molar-refractivity contribution in [1.29, 1.82) is 0 Å². The summed E-state index contributed by atoms with van der Waals surface area (Å²) in [4.78, 5) is 14.3. The van der Waals surface area contributed by atoms with Crippen LogP contribution in [-0.2, 0) is 4.79 Å². The predicted octanol–water partition coefficient (Wildman–Crippen LogP) is 0.324. The number of nitrogens with zero attached hydrogens (tertiary/aromatic N) is 1. The van der Waals surface area contributed by atoms with Gasteiger partial charge in [-0.2, -0.15) is 0 Å². The van der Waals surface area contributed by atoms with Crippen LogP contribution in [0.2, 0.25) is 0 Å². The van der Waals surface area contributed by atoms with E-state index >= 15 is 0 Å². The van der Waals surface area contributed by atoms with Crippen molar-refractivity contribution in [3.63, 3.8) is 0 Å². The molecule has 92 valence electrons. The first-order chi connectivity index (χ1) is 7.51. The zero-order valence-corrected chi connectivity index (χ0v) is 10.3. The second-order valence-electron chi connectivity index (χ2n) is 5.54. The molecule has 4 nitrogen and oxygen atoms in total. The summed E-state index contributed by atoms with van der Waals surface area (Å²) in [6, 6.07) is 0.499. The van der Waals surface area contributed by atoms with Crippen molar-refractivity contribution in [2.24, 2.45) is 11.7 Å². The maximum absolute atomic E-state index is 12.0. The van der Waals surface area contributed by atoms with E-state index in [1.165, 1.54) is 12.8 Å². The fourth-order valence-electron chi connectivity index (χ4n) is 2.51. The Hall–Kier alpha value is -0.610. The molecule has 3 N–H and O–H groups in total. The molecule has 0 spiro atoms. The minimum Gasteiger partial charge on any atom is -0.353 e. The molecule has 2 rings (SSSR count). The summed E-state index contributed by atoms with van der Waals surface area (Å²) < 4.78 is 0. The van der Waals surface area contributed by atoms with Crippen LogP contribution in [0.15, 0.2) is 0 Å². The quantitative estimate of drug-likeness (QED) is 0.724. The van der Waals surface area contributed by atoms with Gasteiger partial charge in [0.05, 0.1) is 5.54 Å². The topological polar surface area (TPSA) is 58.4 Å². The summed E-state index contributed by atoms with van der Waals surface area (Å²) in [6.07, 6.45) is 4.62. The molecule has 2 unspecified atom stereocenters. The minimum atomic E-state index is -0.656. The molecule has 4 heteroatoms. The Kier molecular flexibility index (Phi) is 3.22. The molecule has 1 aliphatic carbocycles. The van der Waals surface area contributed by atoms with E-state index in [1.54, 1.807) is 0 Å². The van der Waals surface area contributed by atoms with Crippen LogP contribution < -0.4 is 11.1 Å². The van der Waals surface area contributed by atoms with E-state index in [0.717, 1.165) is 25.9 Å². The molecule has 1 aliphatic heterocycles. The van der Waals surface area contributed by atoms with Crippen molar-refractivity contribution in [3.05, 3.63) is 0 Å². The number of likely N-dealkylation sites (N-methyl/N-ethyl adjacent to an activating group) is 1. The van der Waals surface area contributed by atoms with E-state index in [9.17, 15) is 4.79 Å². The first kappa shape index (κ1) is 11.9. The van der Waals surface area contributed by atoms with Gasteiger partial charge in [0.2, 0.25) is 5.91 Å². The van der Waals surface area contributed by atoms with Crippen molar-refractivity contribution in [2.75, 3.05) is 20.1 Å². The summed E-state index contributed by atoms with van der Waals surface area (Å²) in [5.74, 6) is 0.420. The maximum Gasteiger partial charge on any atom is 0.240 e. The largest absolute Gasteiger partial charge is 0.353 e. The van der Waals surface area contributed by atoms with Gasteiger partial charge in [-0.1, -0.05) is 0 Å². The third-order valence-corrected chi connectivity index (χ3v) is 4.08. The molecule has 2 fully saturated rings. The number of nitrogens with two attached hydrogens (primary N) is 1. The summed E-state index contributed by atoms with van der Waals surface area (Å²) >= 11 is 0. The number of rotatable bonds is 4. The molecule has 1 amide bonds. The van der Waals surface area contributed by atoms with Gasteiger partial charge in [-0.05, 0) is 52.1 Å². The van der Waals surface area contributed by atoms with Gasteiger partial charge in [-0.15, -0.1) is 0 Å². The van der Waals surface area contributed by atoms with E-state index in [-0.39, 0.29) is 5.91 Å². The molecule has 2 aliphatic rings. The lowest BCUT2D eigenvalue weighted by Gasteiger charge is -2.26. The molecular weight excluding hydrogens is 202 g/mol. The summed E-state index contributed by atoms with van der Waals surface area (Å²) in [7, 11) is 2.12. The average Bonchev–Trinajstić information content (AvgIpc) is 3.01. The van der Waals surface area contributed by atoms with Crippen LogP contribution in [0.3, 0.4) is 0 Å². The molecule has 1 saturated carbocycles. The normalized spacial score (nSPS) is 30.1. The van der Waals surface area contributed by atoms with Crippen LogP contribution in [0.4, 0.5) is 0 Å². The number of nitrogens with one attached hydrogen (secondary N) is 1. The second kappa shape index (κ2) is 4.34. The van der Waals surface area contributed by atoms with Crippen LogP contribution >= 0.6 is 0 Å². The summed E-state index contributed by atoms with van der Waals surface area (Å²) in [5.41, 5.74) is 5.40. The van der Waals surface area contributed by atoms with Crippen molar-refractivity contribution < 1.29 is 4.79 Å². The van der Waals surface area contributed by atoms with Gasteiger partial charge in [-0.25, -0.2) is 0 Å². The second-order valence-corrected chi connectivity index (χ2v) is 5.54. The number of hydrogen-bond acceptors (Lipinski definition) is 3. The SMILES string of the molecule is CN1CCCC1CNC(=O)C(C)(N)C1CC1. The Bertz CT molecular complexity index is 273. The number of amides is 1. The van der Waals surface area contributed by atoms with Crippen LogP contribution in [0, 0.1) is 5.92 Å². The third-order valence-electron chi connectivity index (χ3n) is 4.08. The Morgan fingerprint density at radius 3 is 2.69 bits per heavy atom. The van der Waals surface area contributed by atoms with Crippen LogP contribution in [0.25, 0.3) is 0 Å². The van der Waals surface area contributed by atoms with Gasteiger partial charge in [0, 0.05) is 12.6 Å². The van der Waals surface area contributed by atoms with Crippen LogP contribution in [0.5, 0.6) is 0 Å². The molecule has 0 aromatic carbocycles. The first-order valence-electron chi connectivity index (χ1n) is 6.29. The first-order valence-corrected chi connectivity index (χ1v) is 6.29. The predicted molar refractivity (Wildman–Crippen MR) is 64.0 cm³/mol. The fraction of sp³-hybridized carbons (Fsp3) is 0.917. The van der Waals surface area contributed by atoms with E-state index in [0.29, 0.717) is 12.0 Å². The average molecular weight is 225 g/mol. The molecule has 0 aromatic rings. The molecular formula is C12H23N3O. The van der Waals surface area contributed by atoms with Gasteiger partial charge in [-0.3, -0.25) is 4.79 Å². The maximum atomic E-state index is 12.0. The standard InChI is InChI=1S/C12H23N3O/c1-12(13,9-5-6-9)11(16)14-8-10-4-3-7-15(10)2/h9-10H,3-8,13H2,1-2H3,(H,14,16). The lowest BCUT2D eigenvalue weighted by Crippen LogP contribution is -2.55. The summed E-state index contributed by atoms with van der Waals surface area (Å²) in [5, 5.41) is 3.01. The molecule has 0 bridgehead atoms. The van der Waals surface area contributed by atoms with Crippen LogP contribution in [-0.4, -0.2) is 42.5 Å². The summed E-state index contributed by atoms with van der Waals surface area (Å²) in [6.45, 7) is 3.75. The Morgan fingerprint density at radius 2 is 2.19 bits per heavy atom. The Balaban J connectivity index is 1.78. The molecule has 0 aromatic heterocycles. The Morgan fingerprint density at radius 1 is 1.50 bits per heavy atom. The highest BCUT2D eigenvalue weighted by Gasteiger charge is 2.44. The molecule has 0 radical (unpaired) electrons. The van der Waals surface area contributed by atoms with Gasteiger partial charge < -0.3 is 16.0 Å². The van der Waals surface area contributed by atoms with Gasteiger partial charge >= 0.3 is 0 Å². The van der Waals surface area contributed by atoms with Gasteiger partial charge in [0.15, 0.2) is 0 Å². The van der Waals surface area contributed by atoms with Crippen molar-refractivity contribution in [1.82, 2.24) is 10.2 Å². The number of hydrogen-bond donors (Lipinski definition) is 2. The van der Waals surface area contributed by atoms with Crippen molar-refractivity contribution in [3.8, 4) is 0 Å². The van der Waals surface area contributed by atoms with E-state index < -0.39 is 5.54 Å². The number of carbonyl (C=O) groups is 1. The van der Waals surface area contributed by atoms with E-state index in [4.69, 9.17) is 5.73 Å². The number of carbonyl (C=O) groups excluding carboxylic acids is 1. The van der Waals surface area contributed by atoms with Gasteiger partial charge in [0.1, 0.15) is 0 Å². The third kappa shape index (κ3) is 2.38. The lowest BCUT2D eigenvalue weighted by atomic mass is 9.96. The molecule has 16 heavy (non-hydrogen) atoms. The zero-order valence-electron chi connectivity index (χ0n) is 10.3. The van der Waals surface area contributed by atoms with Crippen molar-refractivity contribution >= 4 is 5.91 Å². The smallest absolute Gasteiger partial charge is 0.240 e. The highest BCUT2D eigenvalue weighted by Crippen LogP contribution is 2.38. The highest BCUT2D eigenvalue weighted by molar-refractivity contribution is 5.86. The lowest BCUT2D eigenvalue weighted by molar-refractivity contribution is -0.126. The monoisotopic (exact) mass is 225 g/mol. The van der Waals surface area contributed by atoms with E-state index in [1.807, 2.05) is 6.92 Å². The van der Waals surface area contributed by atoms with Crippen LogP contribution in [0.1, 0.15) is 32.6 Å². The zero-order chi connectivity index (χ0) is 11.8. The van der Waals surface area contributed by atoms with Gasteiger partial charge in [0.25, 0.3) is 0 Å². The van der Waals surface area contributed by atoms with E-state index in [2.05, 4.69) is 17.3 Å². The molecule has 2 atom stereocenters. The highest BCUT2D eigenvalue weighted by atomic mass is 16.2. The molecule has 1 heterocycles. The van der Waals surface area contributed by atoms with Crippen molar-refractivity contribution in [2.45, 2.75) is 44.2 Å².